The molecule has 3 rings (SSSR count). The van der Waals surface area contributed by atoms with Crippen molar-refractivity contribution in [2.45, 2.75) is 38.5 Å². The summed E-state index contributed by atoms with van der Waals surface area (Å²) in [6.07, 6.45) is 6.90. The molecule has 2 bridgehead atoms. The number of hydrogen-bond donors (Lipinski definition) is 0. The van der Waals surface area contributed by atoms with E-state index < -0.39 is 0 Å². The maximum Gasteiger partial charge on any atom is 0.0276 e. The normalized spacial score (nSPS) is 67.2. The fraction of sp³-hybridized carbons (Fsp3) is 0.800. The van der Waals surface area contributed by atoms with Crippen LogP contribution in [0.3, 0.4) is 0 Å². The van der Waals surface area contributed by atoms with Gasteiger partial charge in [0.2, 0.25) is 0 Å². The smallest absolute Gasteiger partial charge is 0.0276 e. The van der Waals surface area contributed by atoms with Gasteiger partial charge in [-0.25, -0.2) is 0 Å². The molecule has 54 valence electrons. The summed E-state index contributed by atoms with van der Waals surface area (Å²) in [5.74, 6) is 0.433. The van der Waals surface area contributed by atoms with Crippen LogP contribution in [-0.4, -0.2) is 0 Å². The Morgan fingerprint density at radius 1 is 1.70 bits per heavy atom. The molecule has 10 heavy (non-hydrogen) atoms. The van der Waals surface area contributed by atoms with Gasteiger partial charge in [-0.05, 0) is 49.8 Å². The van der Waals surface area contributed by atoms with Crippen molar-refractivity contribution >= 4 is 0 Å². The summed E-state index contributed by atoms with van der Waals surface area (Å²) >= 11 is 0. The van der Waals surface area contributed by atoms with Gasteiger partial charge in [-0.2, -0.15) is 0 Å². The quantitative estimate of drug-likeness (QED) is 0.449. The van der Waals surface area contributed by atoms with Crippen molar-refractivity contribution in [2.75, 3.05) is 0 Å². The number of allylic oxidation sites excluding steroid dienone is 2. The van der Waals surface area contributed by atoms with Crippen LogP contribution in [0.5, 0.6) is 0 Å². The van der Waals surface area contributed by atoms with Gasteiger partial charge in [0.05, 0.1) is 0 Å². The molecule has 0 heterocycles. The third kappa shape index (κ3) is 0.457. The minimum atomic E-state index is -0.119. The van der Waals surface area contributed by atoms with Gasteiger partial charge in [0, 0.05) is 2.74 Å². The Bertz CT molecular complexity index is 259. The first-order chi connectivity index (χ1) is 5.74. The zero-order chi connectivity index (χ0) is 8.34. The molecule has 2 saturated carbocycles. The van der Waals surface area contributed by atoms with Crippen molar-refractivity contribution in [3.63, 3.8) is 0 Å². The zero-order valence-electron chi connectivity index (χ0n) is 8.14. The van der Waals surface area contributed by atoms with Gasteiger partial charge >= 0.3 is 0 Å². The van der Waals surface area contributed by atoms with E-state index in [-0.39, 0.29) is 18.2 Å². The highest BCUT2D eigenvalue weighted by molar-refractivity contribution is 5.29. The standard InChI is InChI=1S/C10H14/c1-2-9-6-8-3-5-10(9,4-1)7-8/h6,8H,1-5,7H2/t8-,10-/m1/s1/i3D,5D/t3-,5+,8-,10-. The molecule has 0 N–H and O–H groups in total. The van der Waals surface area contributed by atoms with Gasteiger partial charge in [-0.15, -0.1) is 0 Å². The summed E-state index contributed by atoms with van der Waals surface area (Å²) in [7, 11) is 0. The predicted octanol–water partition coefficient (Wildman–Crippen LogP) is 2.90. The van der Waals surface area contributed by atoms with Crippen molar-refractivity contribution in [2.24, 2.45) is 11.3 Å². The molecule has 0 saturated heterocycles. The lowest BCUT2D eigenvalue weighted by Gasteiger charge is -2.22. The topological polar surface area (TPSA) is 0 Å². The molecule has 0 aromatic heterocycles. The van der Waals surface area contributed by atoms with Crippen LogP contribution < -0.4 is 0 Å². The van der Waals surface area contributed by atoms with Gasteiger partial charge in [-0.1, -0.05) is 11.6 Å². The van der Waals surface area contributed by atoms with Crippen LogP contribution in [-0.2, 0) is 0 Å². The van der Waals surface area contributed by atoms with E-state index in [0.29, 0.717) is 5.92 Å². The molecule has 0 heteroatoms. The molecule has 0 aliphatic heterocycles. The van der Waals surface area contributed by atoms with Crippen molar-refractivity contribution in [3.8, 4) is 0 Å². The van der Waals surface area contributed by atoms with E-state index in [1.165, 1.54) is 24.8 Å². The number of fused-ring (bicyclic) bond motifs is 1. The Kier molecular flexibility index (Phi) is 0.588. The maximum atomic E-state index is 8.02. The van der Waals surface area contributed by atoms with Crippen LogP contribution in [0.15, 0.2) is 11.6 Å². The van der Waals surface area contributed by atoms with Crippen molar-refractivity contribution < 1.29 is 2.74 Å². The minimum absolute atomic E-state index is 0.106. The molecule has 2 fully saturated rings. The Balaban J connectivity index is 2.10. The molecule has 0 radical (unpaired) electrons. The molecule has 1 spiro atoms. The second-order valence-corrected chi connectivity index (χ2v) is 3.93. The molecule has 4 atom stereocenters. The predicted molar refractivity (Wildman–Crippen MR) is 41.7 cm³/mol. The van der Waals surface area contributed by atoms with Crippen LogP contribution in [0, 0.1) is 11.3 Å². The molecule has 0 amide bonds. The molecule has 3 aliphatic carbocycles. The summed E-state index contributed by atoms with van der Waals surface area (Å²) in [5.41, 5.74) is 1.73. The lowest BCUT2D eigenvalue weighted by atomic mass is 9.83. The SMILES string of the molecule is [2H][C@H]1[C@@H]2C=C3CCC[C@]3(C2)[C@H]1[2H]. The van der Waals surface area contributed by atoms with E-state index in [1.54, 1.807) is 0 Å². The summed E-state index contributed by atoms with van der Waals surface area (Å²) in [6, 6.07) is 0. The average Bonchev–Trinajstić information content (AvgIpc) is 2.60. The average molecular weight is 136 g/mol. The van der Waals surface area contributed by atoms with E-state index in [1.807, 2.05) is 0 Å². The highest BCUT2D eigenvalue weighted by atomic mass is 14.5. The lowest BCUT2D eigenvalue weighted by molar-refractivity contribution is 0.388. The van der Waals surface area contributed by atoms with Gasteiger partial charge in [0.15, 0.2) is 0 Å². The molecule has 0 nitrogen and oxygen atoms in total. The Morgan fingerprint density at radius 2 is 2.70 bits per heavy atom. The molecule has 0 unspecified atom stereocenters. The highest BCUT2D eigenvalue weighted by Crippen LogP contribution is 2.61. The third-order valence-electron chi connectivity index (χ3n) is 3.39. The van der Waals surface area contributed by atoms with E-state index in [9.17, 15) is 0 Å². The van der Waals surface area contributed by atoms with E-state index in [4.69, 9.17) is 2.74 Å². The molecule has 0 aromatic rings. The van der Waals surface area contributed by atoms with Crippen molar-refractivity contribution in [1.29, 1.82) is 0 Å². The van der Waals surface area contributed by atoms with E-state index in [2.05, 4.69) is 6.08 Å². The van der Waals surface area contributed by atoms with Crippen LogP contribution in [0.4, 0.5) is 0 Å². The van der Waals surface area contributed by atoms with Crippen molar-refractivity contribution in [1.82, 2.24) is 0 Å². The largest absolute Gasteiger partial charge is 0.0816 e. The maximum absolute atomic E-state index is 8.02. The minimum Gasteiger partial charge on any atom is -0.0816 e. The zero-order valence-corrected chi connectivity index (χ0v) is 6.14. The van der Waals surface area contributed by atoms with Crippen LogP contribution >= 0.6 is 0 Å². The highest BCUT2D eigenvalue weighted by Gasteiger charge is 2.48. The van der Waals surface area contributed by atoms with Crippen LogP contribution in [0.2, 0.25) is 0 Å². The molecule has 3 aliphatic rings. The van der Waals surface area contributed by atoms with E-state index in [0.717, 1.165) is 6.42 Å². The summed E-state index contributed by atoms with van der Waals surface area (Å²) < 4.78 is 15.9. The monoisotopic (exact) mass is 136 g/mol. The Morgan fingerprint density at radius 3 is 3.60 bits per heavy atom. The first kappa shape index (κ1) is 3.94. The summed E-state index contributed by atoms with van der Waals surface area (Å²) in [5, 5.41) is 0. The van der Waals surface area contributed by atoms with Crippen LogP contribution in [0.25, 0.3) is 0 Å². The lowest BCUT2D eigenvalue weighted by Crippen LogP contribution is -2.10. The molecule has 0 aromatic carbocycles. The first-order valence-corrected chi connectivity index (χ1v) is 4.30. The number of hydrogen-bond acceptors (Lipinski definition) is 0. The molecular formula is C10H14. The molecular weight excluding hydrogens is 120 g/mol. The van der Waals surface area contributed by atoms with Gasteiger partial charge in [0.25, 0.3) is 0 Å². The van der Waals surface area contributed by atoms with Gasteiger partial charge < -0.3 is 0 Å². The fourth-order valence-corrected chi connectivity index (χ4v) is 2.91. The van der Waals surface area contributed by atoms with Crippen LogP contribution in [0.1, 0.15) is 41.2 Å². The van der Waals surface area contributed by atoms with E-state index >= 15 is 0 Å². The third-order valence-corrected chi connectivity index (χ3v) is 3.39. The summed E-state index contributed by atoms with van der Waals surface area (Å²) in [6.45, 7) is 0. The van der Waals surface area contributed by atoms with Crippen molar-refractivity contribution in [3.05, 3.63) is 11.6 Å². The first-order valence-electron chi connectivity index (χ1n) is 5.45. The second kappa shape index (κ2) is 1.49. The van der Waals surface area contributed by atoms with Gasteiger partial charge in [-0.3, -0.25) is 0 Å². The Labute approximate surface area is 65.1 Å². The second-order valence-electron chi connectivity index (χ2n) is 3.93. The van der Waals surface area contributed by atoms with Gasteiger partial charge in [0.1, 0.15) is 0 Å². The fourth-order valence-electron chi connectivity index (χ4n) is 2.91. The summed E-state index contributed by atoms with van der Waals surface area (Å²) in [4.78, 5) is 0. The Hall–Kier alpha value is -0.260. The number of rotatable bonds is 0.